The zero-order valence-corrected chi connectivity index (χ0v) is 5.16. The number of oxime groups is 1. The van der Waals surface area contributed by atoms with Crippen LogP contribution in [-0.4, -0.2) is 11.3 Å². The van der Waals surface area contributed by atoms with Crippen molar-refractivity contribution in [2.24, 2.45) is 5.16 Å². The predicted molar refractivity (Wildman–Crippen MR) is 35.2 cm³/mol. The molecule has 1 heterocycles. The molecule has 0 amide bonds. The number of nitrogens with zero attached hydrogens (tertiary/aromatic N) is 1. The van der Waals surface area contributed by atoms with E-state index in [0.717, 1.165) is 5.71 Å². The summed E-state index contributed by atoms with van der Waals surface area (Å²) in [7, 11) is 0. The number of hydrogen-bond donors (Lipinski definition) is 0. The standard InChI is InChI=1S/C7H7NO/c1-7-5-3-2-4-6(7)8-9-7/h2-5H,1H3/t7-/m1/s1. The van der Waals surface area contributed by atoms with Crippen molar-refractivity contribution in [2.45, 2.75) is 12.5 Å². The Morgan fingerprint density at radius 3 is 2.78 bits per heavy atom. The smallest absolute Gasteiger partial charge is 0.198 e. The van der Waals surface area contributed by atoms with Crippen LogP contribution in [0.25, 0.3) is 0 Å². The minimum atomic E-state index is -0.200. The van der Waals surface area contributed by atoms with Gasteiger partial charge in [0.1, 0.15) is 5.71 Å². The number of rotatable bonds is 0. The van der Waals surface area contributed by atoms with E-state index in [0.29, 0.717) is 0 Å². The van der Waals surface area contributed by atoms with Gasteiger partial charge in [0.2, 0.25) is 0 Å². The van der Waals surface area contributed by atoms with Crippen molar-refractivity contribution in [3.05, 3.63) is 24.3 Å². The van der Waals surface area contributed by atoms with Gasteiger partial charge in [0.15, 0.2) is 5.60 Å². The first kappa shape index (κ1) is 4.79. The third kappa shape index (κ3) is 0.474. The Labute approximate surface area is 53.5 Å². The predicted octanol–water partition coefficient (Wildman–Crippen LogP) is 1.26. The fourth-order valence-corrected chi connectivity index (χ4v) is 0.940. The molecule has 1 aliphatic carbocycles. The molecule has 0 N–H and O–H groups in total. The van der Waals surface area contributed by atoms with Crippen LogP contribution < -0.4 is 0 Å². The highest BCUT2D eigenvalue weighted by molar-refractivity contribution is 6.06. The van der Waals surface area contributed by atoms with Crippen molar-refractivity contribution in [3.8, 4) is 0 Å². The van der Waals surface area contributed by atoms with Crippen LogP contribution in [0.1, 0.15) is 6.92 Å². The molecular formula is C7H7NO. The Bertz CT molecular complexity index is 227. The van der Waals surface area contributed by atoms with Gasteiger partial charge in [-0.25, -0.2) is 0 Å². The molecule has 2 aliphatic rings. The fraction of sp³-hybridized carbons (Fsp3) is 0.286. The lowest BCUT2D eigenvalue weighted by atomic mass is 9.94. The van der Waals surface area contributed by atoms with Crippen LogP contribution in [0, 0.1) is 0 Å². The van der Waals surface area contributed by atoms with Crippen LogP contribution in [0.4, 0.5) is 0 Å². The zero-order chi connectivity index (χ0) is 6.32. The van der Waals surface area contributed by atoms with E-state index in [-0.39, 0.29) is 5.60 Å². The minimum Gasteiger partial charge on any atom is -0.378 e. The third-order valence-electron chi connectivity index (χ3n) is 1.62. The van der Waals surface area contributed by atoms with E-state index in [4.69, 9.17) is 4.84 Å². The van der Waals surface area contributed by atoms with Gasteiger partial charge < -0.3 is 4.84 Å². The Hall–Kier alpha value is -1.05. The Kier molecular flexibility index (Phi) is 0.673. The van der Waals surface area contributed by atoms with Crippen molar-refractivity contribution >= 4 is 5.71 Å². The summed E-state index contributed by atoms with van der Waals surface area (Å²) in [5.41, 5.74) is 0.819. The second kappa shape index (κ2) is 1.26. The first-order valence-electron chi connectivity index (χ1n) is 2.94. The van der Waals surface area contributed by atoms with Crippen molar-refractivity contribution in [1.29, 1.82) is 0 Å². The summed E-state index contributed by atoms with van der Waals surface area (Å²) < 4.78 is 0. The zero-order valence-electron chi connectivity index (χ0n) is 5.16. The summed E-state index contributed by atoms with van der Waals surface area (Å²) >= 11 is 0. The molecule has 0 aromatic heterocycles. The molecule has 0 saturated carbocycles. The van der Waals surface area contributed by atoms with Gasteiger partial charge in [-0.1, -0.05) is 17.3 Å². The molecule has 9 heavy (non-hydrogen) atoms. The third-order valence-corrected chi connectivity index (χ3v) is 1.62. The maximum Gasteiger partial charge on any atom is 0.198 e. The highest BCUT2D eigenvalue weighted by Crippen LogP contribution is 2.27. The van der Waals surface area contributed by atoms with E-state index in [2.05, 4.69) is 5.16 Å². The molecule has 1 atom stereocenters. The molecule has 46 valence electrons. The Morgan fingerprint density at radius 2 is 2.44 bits per heavy atom. The molecule has 0 aromatic carbocycles. The second-order valence-electron chi connectivity index (χ2n) is 2.39. The molecule has 0 radical (unpaired) electrons. The molecule has 0 bridgehead atoms. The summed E-state index contributed by atoms with van der Waals surface area (Å²) in [6.07, 6.45) is 7.89. The lowest BCUT2D eigenvalue weighted by molar-refractivity contribution is 0.0172. The average Bonchev–Trinajstić information content (AvgIpc) is 1.82. The highest BCUT2D eigenvalue weighted by atomic mass is 16.7. The van der Waals surface area contributed by atoms with Crippen molar-refractivity contribution in [3.63, 3.8) is 0 Å². The van der Waals surface area contributed by atoms with Gasteiger partial charge in [0, 0.05) is 0 Å². The number of allylic oxidation sites excluding steroid dienone is 2. The lowest BCUT2D eigenvalue weighted by Gasteiger charge is -2.32. The summed E-state index contributed by atoms with van der Waals surface area (Å²) in [5.74, 6) is 0. The van der Waals surface area contributed by atoms with Crippen LogP contribution >= 0.6 is 0 Å². The van der Waals surface area contributed by atoms with Gasteiger partial charge >= 0.3 is 0 Å². The monoisotopic (exact) mass is 121 g/mol. The van der Waals surface area contributed by atoms with Crippen molar-refractivity contribution in [1.82, 2.24) is 0 Å². The maximum atomic E-state index is 4.97. The van der Waals surface area contributed by atoms with E-state index < -0.39 is 0 Å². The largest absolute Gasteiger partial charge is 0.378 e. The van der Waals surface area contributed by atoms with Gasteiger partial charge in [-0.3, -0.25) is 0 Å². The average molecular weight is 121 g/mol. The Balaban J connectivity index is 2.44. The normalized spacial score (nSPS) is 36.3. The first-order chi connectivity index (χ1) is 4.31. The number of fused-ring (bicyclic) bond motifs is 1. The van der Waals surface area contributed by atoms with Crippen molar-refractivity contribution < 1.29 is 4.84 Å². The van der Waals surface area contributed by atoms with Crippen molar-refractivity contribution in [2.75, 3.05) is 0 Å². The molecule has 2 heteroatoms. The molecule has 2 nitrogen and oxygen atoms in total. The quantitative estimate of drug-likeness (QED) is 0.472. The summed E-state index contributed by atoms with van der Waals surface area (Å²) in [6, 6.07) is 0. The van der Waals surface area contributed by atoms with E-state index in [1.54, 1.807) is 0 Å². The molecule has 0 saturated heterocycles. The van der Waals surface area contributed by atoms with Crippen LogP contribution in [0.5, 0.6) is 0 Å². The summed E-state index contributed by atoms with van der Waals surface area (Å²) in [6.45, 7) is 2.00. The SMILES string of the molecule is C[C@@]12C=CC=CC1=NO2. The molecule has 0 fully saturated rings. The van der Waals surface area contributed by atoms with Crippen LogP contribution in [0.3, 0.4) is 0 Å². The van der Waals surface area contributed by atoms with E-state index >= 15 is 0 Å². The van der Waals surface area contributed by atoms with Crippen LogP contribution in [0.2, 0.25) is 0 Å². The van der Waals surface area contributed by atoms with Gasteiger partial charge in [-0.05, 0) is 19.1 Å². The number of hydrogen-bond acceptors (Lipinski definition) is 2. The second-order valence-corrected chi connectivity index (χ2v) is 2.39. The van der Waals surface area contributed by atoms with E-state index in [1.165, 1.54) is 0 Å². The molecule has 1 aliphatic heterocycles. The lowest BCUT2D eigenvalue weighted by Crippen LogP contribution is -2.42. The molecule has 0 unspecified atom stereocenters. The van der Waals surface area contributed by atoms with Gasteiger partial charge in [-0.2, -0.15) is 0 Å². The fourth-order valence-electron chi connectivity index (χ4n) is 0.940. The van der Waals surface area contributed by atoms with E-state index in [1.807, 2.05) is 31.2 Å². The molecule has 0 aromatic rings. The van der Waals surface area contributed by atoms with Gasteiger partial charge in [-0.15, -0.1) is 0 Å². The van der Waals surface area contributed by atoms with E-state index in [9.17, 15) is 0 Å². The summed E-state index contributed by atoms with van der Waals surface area (Å²) in [5, 5.41) is 3.74. The molecule has 2 rings (SSSR count). The first-order valence-corrected chi connectivity index (χ1v) is 2.94. The highest BCUT2D eigenvalue weighted by Gasteiger charge is 2.37. The Morgan fingerprint density at radius 1 is 1.56 bits per heavy atom. The maximum absolute atomic E-state index is 4.97. The minimum absolute atomic E-state index is 0.200. The summed E-state index contributed by atoms with van der Waals surface area (Å²) in [4.78, 5) is 4.97. The molecule has 0 spiro atoms. The molecular weight excluding hydrogens is 114 g/mol. The van der Waals surface area contributed by atoms with Gasteiger partial charge in [0.05, 0.1) is 0 Å². The van der Waals surface area contributed by atoms with Gasteiger partial charge in [0.25, 0.3) is 0 Å². The van der Waals surface area contributed by atoms with Crippen LogP contribution in [0.15, 0.2) is 29.5 Å². The topological polar surface area (TPSA) is 21.6 Å². The van der Waals surface area contributed by atoms with Crippen LogP contribution in [-0.2, 0) is 4.84 Å².